The van der Waals surface area contributed by atoms with Crippen LogP contribution in [-0.4, -0.2) is 47.6 Å². The van der Waals surface area contributed by atoms with E-state index in [1.54, 1.807) is 0 Å². The highest BCUT2D eigenvalue weighted by Gasteiger charge is 2.29. The normalized spacial score (nSPS) is 21.9. The topological polar surface area (TPSA) is 69.6 Å². The molecule has 0 radical (unpaired) electrons. The van der Waals surface area contributed by atoms with Crippen molar-refractivity contribution in [1.29, 1.82) is 0 Å². The number of hydrogen-bond acceptors (Lipinski definition) is 3. The summed E-state index contributed by atoms with van der Waals surface area (Å²) in [5, 5.41) is 12.1. The molecule has 2 unspecified atom stereocenters. The first-order valence-corrected chi connectivity index (χ1v) is 7.32. The fourth-order valence-corrected chi connectivity index (χ4v) is 2.71. The minimum atomic E-state index is -0.738. The van der Waals surface area contributed by atoms with Gasteiger partial charge in [-0.25, -0.2) is 0 Å². The Morgan fingerprint density at radius 1 is 1.42 bits per heavy atom. The molecule has 19 heavy (non-hydrogen) atoms. The lowest BCUT2D eigenvalue weighted by atomic mass is 9.96. The molecule has 1 fully saturated rings. The summed E-state index contributed by atoms with van der Waals surface area (Å²) in [5.74, 6) is -0.258. The van der Waals surface area contributed by atoms with Crippen LogP contribution in [0.5, 0.6) is 0 Å². The molecule has 0 spiro atoms. The number of carbonyl (C=O) groups is 2. The van der Waals surface area contributed by atoms with E-state index >= 15 is 0 Å². The number of rotatable bonds is 7. The summed E-state index contributed by atoms with van der Waals surface area (Å²) < 4.78 is 0. The van der Waals surface area contributed by atoms with E-state index < -0.39 is 5.97 Å². The summed E-state index contributed by atoms with van der Waals surface area (Å²) >= 11 is 0. The molecule has 5 heteroatoms. The standard InChI is InChI=1S/C14H26N2O3/c1-3-6-13(17)15-9-11-7-5-8-16(10-11)12(4-2)14(18)19/h11-12H,3-10H2,1-2H3,(H,15,17)(H,18,19). The molecule has 110 valence electrons. The number of piperidine rings is 1. The predicted octanol–water partition coefficient (Wildman–Crippen LogP) is 1.48. The molecule has 0 aromatic rings. The van der Waals surface area contributed by atoms with Crippen molar-refractivity contribution in [2.45, 2.75) is 52.0 Å². The Hall–Kier alpha value is -1.10. The van der Waals surface area contributed by atoms with Gasteiger partial charge in [0, 0.05) is 19.5 Å². The summed E-state index contributed by atoms with van der Waals surface area (Å²) in [6, 6.07) is -0.380. The first-order chi connectivity index (χ1) is 9.08. The van der Waals surface area contributed by atoms with Gasteiger partial charge in [0.2, 0.25) is 5.91 Å². The summed E-state index contributed by atoms with van der Waals surface area (Å²) in [4.78, 5) is 24.7. The molecule has 1 aliphatic heterocycles. The van der Waals surface area contributed by atoms with Gasteiger partial charge in [0.1, 0.15) is 6.04 Å². The molecule has 0 aliphatic carbocycles. The van der Waals surface area contributed by atoms with Crippen LogP contribution in [0.25, 0.3) is 0 Å². The number of carbonyl (C=O) groups excluding carboxylic acids is 1. The zero-order valence-corrected chi connectivity index (χ0v) is 12.0. The van der Waals surface area contributed by atoms with Crippen LogP contribution >= 0.6 is 0 Å². The van der Waals surface area contributed by atoms with Gasteiger partial charge in [-0.1, -0.05) is 13.8 Å². The maximum absolute atomic E-state index is 11.4. The highest BCUT2D eigenvalue weighted by Crippen LogP contribution is 2.19. The first-order valence-electron chi connectivity index (χ1n) is 7.32. The molecular formula is C14H26N2O3. The summed E-state index contributed by atoms with van der Waals surface area (Å²) in [6.45, 7) is 6.19. The van der Waals surface area contributed by atoms with Gasteiger partial charge in [0.15, 0.2) is 0 Å². The van der Waals surface area contributed by atoms with Gasteiger partial charge in [-0.05, 0) is 38.1 Å². The van der Waals surface area contributed by atoms with Crippen LogP contribution < -0.4 is 5.32 Å². The number of carboxylic acids is 1. The van der Waals surface area contributed by atoms with Crippen molar-refractivity contribution in [3.8, 4) is 0 Å². The van der Waals surface area contributed by atoms with E-state index in [-0.39, 0.29) is 11.9 Å². The van der Waals surface area contributed by atoms with Gasteiger partial charge < -0.3 is 10.4 Å². The van der Waals surface area contributed by atoms with E-state index in [1.165, 1.54) is 0 Å². The molecular weight excluding hydrogens is 244 g/mol. The fourth-order valence-electron chi connectivity index (χ4n) is 2.71. The van der Waals surface area contributed by atoms with Crippen LogP contribution in [-0.2, 0) is 9.59 Å². The molecule has 0 bridgehead atoms. The third-order valence-electron chi connectivity index (χ3n) is 3.73. The molecule has 2 N–H and O–H groups in total. The van der Waals surface area contributed by atoms with Crippen molar-refractivity contribution in [3.05, 3.63) is 0 Å². The van der Waals surface area contributed by atoms with Crippen molar-refractivity contribution in [1.82, 2.24) is 10.2 Å². The van der Waals surface area contributed by atoms with Crippen LogP contribution in [0.15, 0.2) is 0 Å². The van der Waals surface area contributed by atoms with Gasteiger partial charge >= 0.3 is 5.97 Å². The van der Waals surface area contributed by atoms with Crippen LogP contribution in [0.4, 0.5) is 0 Å². The van der Waals surface area contributed by atoms with Crippen LogP contribution in [0.1, 0.15) is 46.0 Å². The smallest absolute Gasteiger partial charge is 0.320 e. The number of nitrogens with zero attached hydrogens (tertiary/aromatic N) is 1. The van der Waals surface area contributed by atoms with Crippen molar-refractivity contribution >= 4 is 11.9 Å². The first kappa shape index (κ1) is 16.0. The molecule has 0 aromatic heterocycles. The summed E-state index contributed by atoms with van der Waals surface area (Å²) in [7, 11) is 0. The third kappa shape index (κ3) is 5.19. The highest BCUT2D eigenvalue weighted by atomic mass is 16.4. The molecule has 1 amide bonds. The number of carboxylic acid groups (broad SMARTS) is 1. The van der Waals surface area contributed by atoms with Crippen LogP contribution in [0.2, 0.25) is 0 Å². The molecule has 0 saturated carbocycles. The van der Waals surface area contributed by atoms with Crippen molar-refractivity contribution < 1.29 is 14.7 Å². The van der Waals surface area contributed by atoms with Crippen LogP contribution in [0.3, 0.4) is 0 Å². The molecule has 1 heterocycles. The second kappa shape index (κ2) is 8.15. The molecule has 1 aliphatic rings. The second-order valence-corrected chi connectivity index (χ2v) is 5.32. The largest absolute Gasteiger partial charge is 0.480 e. The summed E-state index contributed by atoms with van der Waals surface area (Å²) in [6.07, 6.45) is 4.14. The van der Waals surface area contributed by atoms with E-state index in [1.807, 2.05) is 18.7 Å². The quantitative estimate of drug-likeness (QED) is 0.735. The molecule has 1 rings (SSSR count). The minimum Gasteiger partial charge on any atom is -0.480 e. The summed E-state index contributed by atoms with van der Waals surface area (Å²) in [5.41, 5.74) is 0. The average Bonchev–Trinajstić information content (AvgIpc) is 2.38. The van der Waals surface area contributed by atoms with E-state index in [0.717, 1.165) is 32.4 Å². The molecule has 1 saturated heterocycles. The Labute approximate surface area is 115 Å². The maximum Gasteiger partial charge on any atom is 0.320 e. The van der Waals surface area contributed by atoms with E-state index in [9.17, 15) is 14.7 Å². The third-order valence-corrected chi connectivity index (χ3v) is 3.73. The van der Waals surface area contributed by atoms with Gasteiger partial charge in [-0.3, -0.25) is 14.5 Å². The molecule has 5 nitrogen and oxygen atoms in total. The molecule has 0 aromatic carbocycles. The molecule has 2 atom stereocenters. The number of likely N-dealkylation sites (tertiary alicyclic amines) is 1. The minimum absolute atomic E-state index is 0.102. The number of amides is 1. The Balaban J connectivity index is 2.41. The lowest BCUT2D eigenvalue weighted by Gasteiger charge is -2.36. The Kier molecular flexibility index (Phi) is 6.84. The fraction of sp³-hybridized carbons (Fsp3) is 0.857. The zero-order valence-electron chi connectivity index (χ0n) is 12.0. The van der Waals surface area contributed by atoms with E-state index in [4.69, 9.17) is 0 Å². The average molecular weight is 270 g/mol. The predicted molar refractivity (Wildman–Crippen MR) is 73.9 cm³/mol. The second-order valence-electron chi connectivity index (χ2n) is 5.32. The van der Waals surface area contributed by atoms with Gasteiger partial charge in [0.05, 0.1) is 0 Å². The Bertz CT molecular complexity index is 307. The SMILES string of the molecule is CCCC(=O)NCC1CCCN(C(CC)C(=O)O)C1. The van der Waals surface area contributed by atoms with Gasteiger partial charge in [-0.2, -0.15) is 0 Å². The number of aliphatic carboxylic acids is 1. The number of nitrogens with one attached hydrogen (secondary N) is 1. The lowest BCUT2D eigenvalue weighted by Crippen LogP contribution is -2.48. The highest BCUT2D eigenvalue weighted by molar-refractivity contribution is 5.75. The van der Waals surface area contributed by atoms with Crippen LogP contribution in [0, 0.1) is 5.92 Å². The Morgan fingerprint density at radius 2 is 2.16 bits per heavy atom. The lowest BCUT2D eigenvalue weighted by molar-refractivity contribution is -0.144. The van der Waals surface area contributed by atoms with Gasteiger partial charge in [0.25, 0.3) is 0 Å². The van der Waals surface area contributed by atoms with Crippen molar-refractivity contribution in [2.24, 2.45) is 5.92 Å². The van der Waals surface area contributed by atoms with Gasteiger partial charge in [-0.15, -0.1) is 0 Å². The maximum atomic E-state index is 11.4. The monoisotopic (exact) mass is 270 g/mol. The number of hydrogen-bond donors (Lipinski definition) is 2. The van der Waals surface area contributed by atoms with Crippen molar-refractivity contribution in [2.75, 3.05) is 19.6 Å². The van der Waals surface area contributed by atoms with E-state index in [2.05, 4.69) is 5.32 Å². The zero-order chi connectivity index (χ0) is 14.3. The van der Waals surface area contributed by atoms with E-state index in [0.29, 0.717) is 25.3 Å². The van der Waals surface area contributed by atoms with Crippen molar-refractivity contribution in [3.63, 3.8) is 0 Å². The Morgan fingerprint density at radius 3 is 2.74 bits per heavy atom.